The smallest absolute Gasteiger partial charge is 0.245 e. The molecule has 142 valence electrons. The number of ketones is 1. The standard InChI is InChI=1S/C19H21FN4O3/c1-13(2)27-11-3-9-22-19(26)16(12-21)18(25)17-8-10-24(23-17)15-6-4-14(20)5-7-15/h4-8,10,13,16H,3,9,11H2,1-2H3,(H,22,26). The van der Waals surface area contributed by atoms with Crippen molar-refractivity contribution >= 4 is 11.7 Å². The van der Waals surface area contributed by atoms with Crippen LogP contribution in [0.25, 0.3) is 5.69 Å². The second kappa shape index (κ2) is 9.59. The van der Waals surface area contributed by atoms with Crippen molar-refractivity contribution in [3.8, 4) is 11.8 Å². The summed E-state index contributed by atoms with van der Waals surface area (Å²) in [5.41, 5.74) is 0.544. The van der Waals surface area contributed by atoms with Gasteiger partial charge in [0.2, 0.25) is 11.7 Å². The molecule has 1 heterocycles. The van der Waals surface area contributed by atoms with Gasteiger partial charge in [0.25, 0.3) is 0 Å². The fourth-order valence-electron chi connectivity index (χ4n) is 2.28. The van der Waals surface area contributed by atoms with E-state index in [9.17, 15) is 19.2 Å². The van der Waals surface area contributed by atoms with Crippen molar-refractivity contribution < 1.29 is 18.7 Å². The van der Waals surface area contributed by atoms with E-state index in [1.54, 1.807) is 6.07 Å². The van der Waals surface area contributed by atoms with Crippen LogP contribution in [-0.4, -0.2) is 40.7 Å². The van der Waals surface area contributed by atoms with Crippen LogP contribution in [0.3, 0.4) is 0 Å². The SMILES string of the molecule is CC(C)OCCCNC(=O)C(C#N)C(=O)c1ccn(-c2ccc(F)cc2)n1. The van der Waals surface area contributed by atoms with Gasteiger partial charge in [-0.2, -0.15) is 10.4 Å². The molecule has 0 radical (unpaired) electrons. The lowest BCUT2D eigenvalue weighted by Gasteiger charge is -2.10. The molecule has 0 spiro atoms. The Morgan fingerprint density at radius 1 is 1.30 bits per heavy atom. The highest BCUT2D eigenvalue weighted by atomic mass is 19.1. The number of Topliss-reactive ketones (excluding diaryl/α,β-unsaturated/α-hetero) is 1. The van der Waals surface area contributed by atoms with Crippen molar-refractivity contribution in [2.24, 2.45) is 5.92 Å². The fraction of sp³-hybridized carbons (Fsp3) is 0.368. The summed E-state index contributed by atoms with van der Waals surface area (Å²) in [6.07, 6.45) is 2.19. The van der Waals surface area contributed by atoms with Gasteiger partial charge in [0.05, 0.1) is 17.9 Å². The van der Waals surface area contributed by atoms with E-state index in [1.807, 2.05) is 13.8 Å². The Labute approximate surface area is 156 Å². The highest BCUT2D eigenvalue weighted by molar-refractivity contribution is 6.11. The summed E-state index contributed by atoms with van der Waals surface area (Å²) in [6, 6.07) is 8.69. The Morgan fingerprint density at radius 3 is 2.63 bits per heavy atom. The lowest BCUT2D eigenvalue weighted by molar-refractivity contribution is -0.122. The third-order valence-electron chi connectivity index (χ3n) is 3.66. The van der Waals surface area contributed by atoms with Crippen molar-refractivity contribution in [1.29, 1.82) is 5.26 Å². The Balaban J connectivity index is 1.97. The molecule has 27 heavy (non-hydrogen) atoms. The van der Waals surface area contributed by atoms with E-state index in [0.717, 1.165) is 0 Å². The first-order valence-corrected chi connectivity index (χ1v) is 8.57. The zero-order valence-corrected chi connectivity index (χ0v) is 15.2. The molecular formula is C19H21FN4O3. The van der Waals surface area contributed by atoms with Gasteiger partial charge in [-0.15, -0.1) is 0 Å². The molecule has 2 aromatic rings. The van der Waals surface area contributed by atoms with Crippen molar-refractivity contribution in [3.05, 3.63) is 48.0 Å². The molecule has 1 atom stereocenters. The number of benzene rings is 1. The second-order valence-corrected chi connectivity index (χ2v) is 6.11. The van der Waals surface area contributed by atoms with Crippen LogP contribution in [0, 0.1) is 23.1 Å². The van der Waals surface area contributed by atoms with Gasteiger partial charge in [-0.05, 0) is 50.6 Å². The average molecular weight is 372 g/mol. The van der Waals surface area contributed by atoms with Crippen molar-refractivity contribution in [1.82, 2.24) is 15.1 Å². The molecule has 0 aliphatic heterocycles. The maximum atomic E-state index is 13.0. The third kappa shape index (κ3) is 5.72. The molecule has 7 nitrogen and oxygen atoms in total. The Kier molecular flexibility index (Phi) is 7.20. The van der Waals surface area contributed by atoms with Gasteiger partial charge in [0.1, 0.15) is 11.5 Å². The van der Waals surface area contributed by atoms with E-state index in [0.29, 0.717) is 25.3 Å². The minimum Gasteiger partial charge on any atom is -0.379 e. The van der Waals surface area contributed by atoms with Crippen molar-refractivity contribution in [2.45, 2.75) is 26.4 Å². The number of hydrogen-bond acceptors (Lipinski definition) is 5. The number of hydrogen-bond donors (Lipinski definition) is 1. The Hall–Kier alpha value is -3.05. The first kappa shape index (κ1) is 20.3. The fourth-order valence-corrected chi connectivity index (χ4v) is 2.28. The molecule has 1 unspecified atom stereocenters. The second-order valence-electron chi connectivity index (χ2n) is 6.11. The van der Waals surface area contributed by atoms with Gasteiger partial charge in [0.15, 0.2) is 5.92 Å². The molecule has 0 saturated heterocycles. The monoisotopic (exact) mass is 372 g/mol. The predicted octanol–water partition coefficient (Wildman–Crippen LogP) is 2.27. The van der Waals surface area contributed by atoms with E-state index in [4.69, 9.17) is 4.74 Å². The molecule has 1 amide bonds. The number of nitrogens with one attached hydrogen (secondary N) is 1. The summed E-state index contributed by atoms with van der Waals surface area (Å²) in [7, 11) is 0. The molecule has 0 aliphatic carbocycles. The predicted molar refractivity (Wildman–Crippen MR) is 95.7 cm³/mol. The number of nitriles is 1. The maximum absolute atomic E-state index is 13.0. The van der Waals surface area contributed by atoms with Gasteiger partial charge in [-0.1, -0.05) is 0 Å². The molecule has 2 rings (SSSR count). The Bertz CT molecular complexity index is 824. The van der Waals surface area contributed by atoms with E-state index >= 15 is 0 Å². The number of rotatable bonds is 9. The van der Waals surface area contributed by atoms with Crippen LogP contribution in [0.2, 0.25) is 0 Å². The van der Waals surface area contributed by atoms with Crippen LogP contribution in [0.5, 0.6) is 0 Å². The maximum Gasteiger partial charge on any atom is 0.245 e. The van der Waals surface area contributed by atoms with Crippen LogP contribution in [0.15, 0.2) is 36.5 Å². The van der Waals surface area contributed by atoms with Gasteiger partial charge in [-0.25, -0.2) is 9.07 Å². The minimum absolute atomic E-state index is 0.0100. The number of carbonyl (C=O) groups is 2. The van der Waals surface area contributed by atoms with Crippen LogP contribution < -0.4 is 5.32 Å². The summed E-state index contributed by atoms with van der Waals surface area (Å²) < 4.78 is 19.7. The lowest BCUT2D eigenvalue weighted by Crippen LogP contribution is -2.35. The van der Waals surface area contributed by atoms with E-state index in [2.05, 4.69) is 10.4 Å². The zero-order chi connectivity index (χ0) is 19.8. The summed E-state index contributed by atoms with van der Waals surface area (Å²) in [5, 5.41) is 15.9. The topological polar surface area (TPSA) is 97.0 Å². The first-order chi connectivity index (χ1) is 12.9. The number of aromatic nitrogens is 2. The summed E-state index contributed by atoms with van der Waals surface area (Å²) >= 11 is 0. The van der Waals surface area contributed by atoms with Crippen molar-refractivity contribution in [3.63, 3.8) is 0 Å². The number of nitrogens with zero attached hydrogens (tertiary/aromatic N) is 3. The normalized spacial score (nSPS) is 11.8. The largest absolute Gasteiger partial charge is 0.379 e. The quantitative estimate of drug-likeness (QED) is 0.414. The molecular weight excluding hydrogens is 351 g/mol. The van der Waals surface area contributed by atoms with Crippen LogP contribution in [0.1, 0.15) is 30.8 Å². The molecule has 1 aromatic carbocycles. The molecule has 8 heteroatoms. The first-order valence-electron chi connectivity index (χ1n) is 8.57. The molecule has 0 aliphatic rings. The third-order valence-corrected chi connectivity index (χ3v) is 3.66. The number of ether oxygens (including phenoxy) is 1. The van der Waals surface area contributed by atoms with Crippen LogP contribution in [0.4, 0.5) is 4.39 Å². The number of amides is 1. The zero-order valence-electron chi connectivity index (χ0n) is 15.2. The molecule has 0 fully saturated rings. The van der Waals surface area contributed by atoms with E-state index in [1.165, 1.54) is 41.2 Å². The summed E-state index contributed by atoms with van der Waals surface area (Å²) in [4.78, 5) is 24.6. The van der Waals surface area contributed by atoms with Gasteiger partial charge in [-0.3, -0.25) is 9.59 Å². The highest BCUT2D eigenvalue weighted by Gasteiger charge is 2.29. The number of halogens is 1. The number of carbonyl (C=O) groups excluding carboxylic acids is 2. The Morgan fingerprint density at radius 2 is 2.00 bits per heavy atom. The van der Waals surface area contributed by atoms with Crippen molar-refractivity contribution in [2.75, 3.05) is 13.2 Å². The summed E-state index contributed by atoms with van der Waals surface area (Å²) in [6.45, 7) is 4.61. The highest BCUT2D eigenvalue weighted by Crippen LogP contribution is 2.12. The minimum atomic E-state index is -1.48. The summed E-state index contributed by atoms with van der Waals surface area (Å²) in [5.74, 6) is -3.22. The van der Waals surface area contributed by atoms with Crippen LogP contribution in [-0.2, 0) is 9.53 Å². The average Bonchev–Trinajstić information content (AvgIpc) is 3.12. The lowest BCUT2D eigenvalue weighted by atomic mass is 10.0. The molecule has 0 saturated carbocycles. The molecule has 1 aromatic heterocycles. The van der Waals surface area contributed by atoms with E-state index < -0.39 is 17.6 Å². The van der Waals surface area contributed by atoms with Gasteiger partial charge < -0.3 is 10.1 Å². The molecule has 1 N–H and O–H groups in total. The van der Waals surface area contributed by atoms with Gasteiger partial charge >= 0.3 is 0 Å². The van der Waals surface area contributed by atoms with Gasteiger partial charge in [0, 0.05) is 19.3 Å². The van der Waals surface area contributed by atoms with E-state index in [-0.39, 0.29) is 17.6 Å². The van der Waals surface area contributed by atoms with Crippen LogP contribution >= 0.6 is 0 Å². The molecule has 0 bridgehead atoms.